The molecule has 21 heavy (non-hydrogen) atoms. The van der Waals surface area contributed by atoms with E-state index in [0.29, 0.717) is 10.7 Å². The van der Waals surface area contributed by atoms with Gasteiger partial charge in [0, 0.05) is 0 Å². The topological polar surface area (TPSA) is 44.1 Å². The third kappa shape index (κ3) is 3.41. The highest BCUT2D eigenvalue weighted by atomic mass is 35.5. The largest absolute Gasteiger partial charge is 0.464 e. The van der Waals surface area contributed by atoms with Gasteiger partial charge in [-0.25, -0.2) is 0 Å². The molecule has 0 bridgehead atoms. The molecule has 112 valence electrons. The SMILES string of the molecule is CC(Oc1c(Cl)cnn1-c1ccc(Cl)c(Cl)c1Cl)C(=O)Cl. The Hall–Kier alpha value is -0.650. The third-order valence-corrected chi connectivity index (χ3v) is 4.38. The van der Waals surface area contributed by atoms with Crippen LogP contribution in [-0.4, -0.2) is 21.1 Å². The molecule has 0 amide bonds. The van der Waals surface area contributed by atoms with E-state index < -0.39 is 11.3 Å². The van der Waals surface area contributed by atoms with Gasteiger partial charge in [-0.1, -0.05) is 46.4 Å². The predicted octanol–water partition coefficient (Wildman–Crippen LogP) is 5.02. The standard InChI is InChI=1S/C12H7Cl5N2O2/c1-5(11(17)20)21-12-7(14)4-18-19(12)8-3-2-6(13)9(15)10(8)16/h2-5H,1H3. The zero-order valence-electron chi connectivity index (χ0n) is 10.4. The summed E-state index contributed by atoms with van der Waals surface area (Å²) in [6.45, 7) is 1.49. The number of aromatic nitrogens is 2. The quantitative estimate of drug-likeness (QED) is 0.546. The highest BCUT2D eigenvalue weighted by Gasteiger charge is 2.21. The second kappa shape index (κ2) is 6.63. The molecule has 0 aliphatic carbocycles. The van der Waals surface area contributed by atoms with Crippen molar-refractivity contribution in [1.82, 2.24) is 9.78 Å². The Morgan fingerprint density at radius 2 is 1.86 bits per heavy atom. The zero-order chi connectivity index (χ0) is 15.7. The van der Waals surface area contributed by atoms with Crippen molar-refractivity contribution in [1.29, 1.82) is 0 Å². The summed E-state index contributed by atoms with van der Waals surface area (Å²) < 4.78 is 6.72. The Bertz CT molecular complexity index is 701. The molecule has 0 aliphatic heterocycles. The maximum absolute atomic E-state index is 11.1. The van der Waals surface area contributed by atoms with Gasteiger partial charge in [-0.15, -0.1) is 0 Å². The fourth-order valence-corrected chi connectivity index (χ4v) is 2.31. The molecular weight excluding hydrogens is 381 g/mol. The van der Waals surface area contributed by atoms with Gasteiger partial charge in [0.05, 0.1) is 27.0 Å². The van der Waals surface area contributed by atoms with E-state index in [2.05, 4.69) is 5.10 Å². The van der Waals surface area contributed by atoms with E-state index in [-0.39, 0.29) is 20.9 Å². The summed E-state index contributed by atoms with van der Waals surface area (Å²) in [4.78, 5) is 11.1. The van der Waals surface area contributed by atoms with Gasteiger partial charge in [-0.05, 0) is 30.7 Å². The summed E-state index contributed by atoms with van der Waals surface area (Å²) in [5.74, 6) is 0.124. The monoisotopic (exact) mass is 386 g/mol. The van der Waals surface area contributed by atoms with Crippen molar-refractivity contribution in [3.63, 3.8) is 0 Å². The van der Waals surface area contributed by atoms with E-state index in [0.717, 1.165) is 0 Å². The third-order valence-electron chi connectivity index (χ3n) is 2.53. The number of rotatable bonds is 4. The summed E-state index contributed by atoms with van der Waals surface area (Å²) in [6.07, 6.45) is 0.447. The Kier molecular flexibility index (Phi) is 5.28. The van der Waals surface area contributed by atoms with E-state index in [4.69, 9.17) is 62.7 Å². The predicted molar refractivity (Wildman–Crippen MR) is 84.6 cm³/mol. The van der Waals surface area contributed by atoms with Crippen molar-refractivity contribution in [2.24, 2.45) is 0 Å². The van der Waals surface area contributed by atoms with Crippen molar-refractivity contribution in [3.8, 4) is 11.6 Å². The Labute approximate surface area is 145 Å². The lowest BCUT2D eigenvalue weighted by atomic mass is 10.3. The minimum Gasteiger partial charge on any atom is -0.464 e. The smallest absolute Gasteiger partial charge is 0.262 e. The van der Waals surface area contributed by atoms with Crippen LogP contribution >= 0.6 is 58.0 Å². The molecule has 2 rings (SSSR count). The Balaban J connectivity index is 2.51. The lowest BCUT2D eigenvalue weighted by Crippen LogP contribution is -2.20. The summed E-state index contributed by atoms with van der Waals surface area (Å²) in [7, 11) is 0. The molecule has 0 radical (unpaired) electrons. The van der Waals surface area contributed by atoms with Gasteiger partial charge in [0.25, 0.3) is 5.24 Å². The maximum Gasteiger partial charge on any atom is 0.262 e. The van der Waals surface area contributed by atoms with Crippen molar-refractivity contribution >= 4 is 63.2 Å². The van der Waals surface area contributed by atoms with Gasteiger partial charge in [0.15, 0.2) is 6.10 Å². The van der Waals surface area contributed by atoms with Crippen molar-refractivity contribution in [2.45, 2.75) is 13.0 Å². The number of benzene rings is 1. The molecule has 4 nitrogen and oxygen atoms in total. The van der Waals surface area contributed by atoms with E-state index in [1.54, 1.807) is 12.1 Å². The van der Waals surface area contributed by atoms with Crippen molar-refractivity contribution < 1.29 is 9.53 Å². The molecule has 0 N–H and O–H groups in total. The van der Waals surface area contributed by atoms with Gasteiger partial charge in [-0.2, -0.15) is 9.78 Å². The molecule has 2 aromatic rings. The summed E-state index contributed by atoms with van der Waals surface area (Å²) in [5.41, 5.74) is 0.405. The van der Waals surface area contributed by atoms with E-state index in [1.165, 1.54) is 17.8 Å². The number of nitrogens with zero attached hydrogens (tertiary/aromatic N) is 2. The van der Waals surface area contributed by atoms with Gasteiger partial charge in [-0.3, -0.25) is 4.79 Å². The molecule has 1 atom stereocenters. The molecule has 0 saturated carbocycles. The zero-order valence-corrected chi connectivity index (χ0v) is 14.2. The van der Waals surface area contributed by atoms with Crippen LogP contribution in [0.2, 0.25) is 20.1 Å². The average Bonchev–Trinajstić information content (AvgIpc) is 2.78. The second-order valence-corrected chi connectivity index (χ2v) is 5.91. The molecule has 0 spiro atoms. The second-order valence-electron chi connectivity index (χ2n) is 3.97. The average molecular weight is 388 g/mol. The summed E-state index contributed by atoms with van der Waals surface area (Å²) in [5, 5.41) is 4.23. The van der Waals surface area contributed by atoms with E-state index >= 15 is 0 Å². The normalized spacial score (nSPS) is 12.3. The van der Waals surface area contributed by atoms with Crippen LogP contribution in [0.5, 0.6) is 5.88 Å². The van der Waals surface area contributed by atoms with Gasteiger partial charge in [0.1, 0.15) is 5.02 Å². The maximum atomic E-state index is 11.1. The fourth-order valence-electron chi connectivity index (χ4n) is 1.49. The van der Waals surface area contributed by atoms with Crippen LogP contribution in [0.1, 0.15) is 6.92 Å². The molecule has 0 fully saturated rings. The van der Waals surface area contributed by atoms with Gasteiger partial charge in [0.2, 0.25) is 5.88 Å². The number of ether oxygens (including phenoxy) is 1. The van der Waals surface area contributed by atoms with Crippen LogP contribution in [-0.2, 0) is 4.79 Å². The van der Waals surface area contributed by atoms with Crippen LogP contribution in [0, 0.1) is 0 Å². The minimum atomic E-state index is -0.902. The summed E-state index contributed by atoms with van der Waals surface area (Å²) >= 11 is 29.4. The highest BCUT2D eigenvalue weighted by molar-refractivity contribution is 6.64. The number of halogens is 5. The molecule has 1 aromatic carbocycles. The number of hydrogen-bond acceptors (Lipinski definition) is 3. The Morgan fingerprint density at radius 1 is 1.19 bits per heavy atom. The van der Waals surface area contributed by atoms with Crippen LogP contribution in [0.25, 0.3) is 5.69 Å². The minimum absolute atomic E-state index is 0.124. The molecule has 1 aromatic heterocycles. The van der Waals surface area contributed by atoms with Crippen molar-refractivity contribution in [2.75, 3.05) is 0 Å². The highest BCUT2D eigenvalue weighted by Crippen LogP contribution is 2.37. The van der Waals surface area contributed by atoms with Crippen LogP contribution < -0.4 is 4.74 Å². The molecule has 9 heteroatoms. The Morgan fingerprint density at radius 3 is 2.48 bits per heavy atom. The first-order valence-electron chi connectivity index (χ1n) is 5.56. The number of hydrogen-bond donors (Lipinski definition) is 0. The molecule has 1 unspecified atom stereocenters. The van der Waals surface area contributed by atoms with Crippen molar-refractivity contribution in [3.05, 3.63) is 38.4 Å². The molecule has 0 aliphatic rings. The first-order valence-corrected chi connectivity index (χ1v) is 7.45. The van der Waals surface area contributed by atoms with Crippen LogP contribution in [0.3, 0.4) is 0 Å². The lowest BCUT2D eigenvalue weighted by molar-refractivity contribution is -0.117. The molecule has 0 saturated heterocycles. The van der Waals surface area contributed by atoms with E-state index in [9.17, 15) is 4.79 Å². The summed E-state index contributed by atoms with van der Waals surface area (Å²) in [6, 6.07) is 3.15. The van der Waals surface area contributed by atoms with Crippen LogP contribution in [0.4, 0.5) is 0 Å². The first kappa shape index (κ1) is 16.7. The van der Waals surface area contributed by atoms with Crippen LogP contribution in [0.15, 0.2) is 18.3 Å². The van der Waals surface area contributed by atoms with Gasteiger partial charge < -0.3 is 4.74 Å². The van der Waals surface area contributed by atoms with Gasteiger partial charge >= 0.3 is 0 Å². The first-order chi connectivity index (χ1) is 9.82. The molecular formula is C12H7Cl5N2O2. The number of carbonyl (C=O) groups is 1. The lowest BCUT2D eigenvalue weighted by Gasteiger charge is -2.14. The molecule has 1 heterocycles. The van der Waals surface area contributed by atoms with E-state index in [1.807, 2.05) is 0 Å². The fraction of sp³-hybridized carbons (Fsp3) is 0.167. The number of carbonyl (C=O) groups excluding carboxylic acids is 1.